The molecule has 26 heavy (non-hydrogen) atoms. The van der Waals surface area contributed by atoms with Crippen LogP contribution in [0.15, 0.2) is 65.7 Å². The first kappa shape index (κ1) is 16.1. The number of carbonyl (C=O) groups is 1. The van der Waals surface area contributed by atoms with Gasteiger partial charge in [-0.15, -0.1) is 0 Å². The van der Waals surface area contributed by atoms with Gasteiger partial charge in [0, 0.05) is 24.2 Å². The molecule has 0 fully saturated rings. The SMILES string of the molecule is O=C(CCn1cnc2ccccc2c1=O)NCc1cc2ccccc2[nH]1. The molecule has 0 saturated heterocycles. The first-order valence-electron chi connectivity index (χ1n) is 8.48. The number of benzene rings is 2. The predicted molar refractivity (Wildman–Crippen MR) is 101 cm³/mol. The van der Waals surface area contributed by atoms with E-state index in [0.29, 0.717) is 24.0 Å². The second-order valence-corrected chi connectivity index (χ2v) is 6.17. The maximum Gasteiger partial charge on any atom is 0.261 e. The monoisotopic (exact) mass is 346 g/mol. The van der Waals surface area contributed by atoms with Gasteiger partial charge in [0.25, 0.3) is 5.56 Å². The average Bonchev–Trinajstić information content (AvgIpc) is 3.09. The zero-order valence-electron chi connectivity index (χ0n) is 14.1. The second kappa shape index (κ2) is 6.84. The molecule has 2 N–H and O–H groups in total. The van der Waals surface area contributed by atoms with Gasteiger partial charge in [-0.1, -0.05) is 30.3 Å². The zero-order valence-corrected chi connectivity index (χ0v) is 14.1. The number of aromatic amines is 1. The summed E-state index contributed by atoms with van der Waals surface area (Å²) in [5.74, 6) is -0.108. The molecular weight excluding hydrogens is 328 g/mol. The molecule has 0 aliphatic heterocycles. The Balaban J connectivity index is 1.38. The van der Waals surface area contributed by atoms with E-state index in [-0.39, 0.29) is 17.9 Å². The van der Waals surface area contributed by atoms with Crippen LogP contribution in [-0.4, -0.2) is 20.4 Å². The molecule has 0 saturated carbocycles. The quantitative estimate of drug-likeness (QED) is 0.583. The number of hydrogen-bond acceptors (Lipinski definition) is 3. The molecular formula is C20H18N4O2. The van der Waals surface area contributed by atoms with Crippen LogP contribution in [0.25, 0.3) is 21.8 Å². The predicted octanol–water partition coefficient (Wildman–Crippen LogP) is 2.58. The van der Waals surface area contributed by atoms with Crippen molar-refractivity contribution in [1.82, 2.24) is 19.9 Å². The summed E-state index contributed by atoms with van der Waals surface area (Å²) in [5.41, 5.74) is 2.53. The number of nitrogens with zero attached hydrogens (tertiary/aromatic N) is 2. The highest BCUT2D eigenvalue weighted by atomic mass is 16.1. The molecule has 2 aromatic heterocycles. The van der Waals surface area contributed by atoms with E-state index in [1.165, 1.54) is 10.9 Å². The van der Waals surface area contributed by atoms with Crippen molar-refractivity contribution in [1.29, 1.82) is 0 Å². The minimum Gasteiger partial charge on any atom is -0.357 e. The third kappa shape index (κ3) is 3.21. The largest absolute Gasteiger partial charge is 0.357 e. The van der Waals surface area contributed by atoms with Crippen LogP contribution in [0.1, 0.15) is 12.1 Å². The van der Waals surface area contributed by atoms with Gasteiger partial charge in [0.05, 0.1) is 23.8 Å². The third-order valence-electron chi connectivity index (χ3n) is 4.37. The molecule has 0 aliphatic carbocycles. The number of aryl methyl sites for hydroxylation is 1. The van der Waals surface area contributed by atoms with Crippen LogP contribution in [0.3, 0.4) is 0 Å². The summed E-state index contributed by atoms with van der Waals surface area (Å²) in [4.78, 5) is 32.1. The molecule has 0 bridgehead atoms. The maximum absolute atomic E-state index is 12.4. The van der Waals surface area contributed by atoms with Gasteiger partial charge in [-0.25, -0.2) is 4.98 Å². The van der Waals surface area contributed by atoms with Gasteiger partial charge in [0.15, 0.2) is 0 Å². The zero-order chi connectivity index (χ0) is 17.9. The van der Waals surface area contributed by atoms with Crippen molar-refractivity contribution in [3.05, 3.63) is 77.0 Å². The van der Waals surface area contributed by atoms with Crippen LogP contribution in [0.5, 0.6) is 0 Å². The molecule has 0 atom stereocenters. The van der Waals surface area contributed by atoms with Crippen molar-refractivity contribution < 1.29 is 4.79 Å². The first-order chi connectivity index (χ1) is 12.7. The van der Waals surface area contributed by atoms with Gasteiger partial charge in [0.1, 0.15) is 0 Å². The number of fused-ring (bicyclic) bond motifs is 2. The lowest BCUT2D eigenvalue weighted by molar-refractivity contribution is -0.121. The Hall–Kier alpha value is -3.41. The van der Waals surface area contributed by atoms with Crippen LogP contribution in [0, 0.1) is 0 Å². The van der Waals surface area contributed by atoms with Crippen LogP contribution >= 0.6 is 0 Å². The second-order valence-electron chi connectivity index (χ2n) is 6.17. The minimum atomic E-state index is -0.126. The Labute approximate surface area is 149 Å². The van der Waals surface area contributed by atoms with E-state index in [0.717, 1.165) is 16.6 Å². The first-order valence-corrected chi connectivity index (χ1v) is 8.48. The lowest BCUT2D eigenvalue weighted by Gasteiger charge is -2.07. The lowest BCUT2D eigenvalue weighted by Crippen LogP contribution is -2.27. The van der Waals surface area contributed by atoms with E-state index in [1.54, 1.807) is 12.1 Å². The van der Waals surface area contributed by atoms with Crippen molar-refractivity contribution in [2.75, 3.05) is 0 Å². The number of aromatic nitrogens is 3. The molecule has 2 heterocycles. The van der Waals surface area contributed by atoms with E-state index in [2.05, 4.69) is 15.3 Å². The van der Waals surface area contributed by atoms with Gasteiger partial charge < -0.3 is 10.3 Å². The van der Waals surface area contributed by atoms with E-state index < -0.39 is 0 Å². The molecule has 4 rings (SSSR count). The molecule has 6 heteroatoms. The number of nitrogens with one attached hydrogen (secondary N) is 2. The van der Waals surface area contributed by atoms with Gasteiger partial charge in [-0.2, -0.15) is 0 Å². The van der Waals surface area contributed by atoms with Crippen LogP contribution in [0.4, 0.5) is 0 Å². The van der Waals surface area contributed by atoms with Crippen LogP contribution < -0.4 is 10.9 Å². The summed E-state index contributed by atoms with van der Waals surface area (Å²) in [6.45, 7) is 0.730. The number of H-pyrrole nitrogens is 1. The highest BCUT2D eigenvalue weighted by Gasteiger charge is 2.07. The number of rotatable bonds is 5. The molecule has 0 aliphatic rings. The van der Waals surface area contributed by atoms with E-state index >= 15 is 0 Å². The molecule has 6 nitrogen and oxygen atoms in total. The van der Waals surface area contributed by atoms with Gasteiger partial charge in [-0.3, -0.25) is 14.2 Å². The lowest BCUT2D eigenvalue weighted by atomic mass is 10.2. The number of para-hydroxylation sites is 2. The summed E-state index contributed by atoms with van der Waals surface area (Å²) in [7, 11) is 0. The fraction of sp³-hybridized carbons (Fsp3) is 0.150. The van der Waals surface area contributed by atoms with E-state index in [4.69, 9.17) is 0 Å². The highest BCUT2D eigenvalue weighted by Crippen LogP contribution is 2.14. The van der Waals surface area contributed by atoms with Gasteiger partial charge >= 0.3 is 0 Å². The van der Waals surface area contributed by atoms with E-state index in [1.807, 2.05) is 42.5 Å². The van der Waals surface area contributed by atoms with Crippen LogP contribution in [0.2, 0.25) is 0 Å². The Morgan fingerprint density at radius 1 is 1.12 bits per heavy atom. The summed E-state index contributed by atoms with van der Waals surface area (Å²) in [6.07, 6.45) is 1.72. The standard InChI is InChI=1S/C20H18N4O2/c25-19(21-12-15-11-14-5-1-3-7-17(14)23-15)9-10-24-13-22-18-8-4-2-6-16(18)20(24)26/h1-8,11,13,23H,9-10,12H2,(H,21,25). The fourth-order valence-electron chi connectivity index (χ4n) is 3.00. The molecule has 0 spiro atoms. The molecule has 0 unspecified atom stereocenters. The fourth-order valence-corrected chi connectivity index (χ4v) is 3.00. The number of amides is 1. The summed E-state index contributed by atoms with van der Waals surface area (Å²) >= 11 is 0. The smallest absolute Gasteiger partial charge is 0.261 e. The highest BCUT2D eigenvalue weighted by molar-refractivity contribution is 5.81. The Morgan fingerprint density at radius 2 is 1.92 bits per heavy atom. The normalized spacial score (nSPS) is 11.1. The van der Waals surface area contributed by atoms with Crippen molar-refractivity contribution in [3.63, 3.8) is 0 Å². The van der Waals surface area contributed by atoms with E-state index in [9.17, 15) is 9.59 Å². The topological polar surface area (TPSA) is 79.8 Å². The average molecular weight is 346 g/mol. The van der Waals surface area contributed by atoms with Crippen LogP contribution in [-0.2, 0) is 17.9 Å². The Morgan fingerprint density at radius 3 is 2.81 bits per heavy atom. The molecule has 4 aromatic rings. The molecule has 2 aromatic carbocycles. The third-order valence-corrected chi connectivity index (χ3v) is 4.37. The molecule has 0 radical (unpaired) electrons. The van der Waals surface area contributed by atoms with Crippen molar-refractivity contribution in [2.45, 2.75) is 19.5 Å². The number of carbonyl (C=O) groups excluding carboxylic acids is 1. The molecule has 130 valence electrons. The van der Waals surface area contributed by atoms with Crippen molar-refractivity contribution in [2.24, 2.45) is 0 Å². The van der Waals surface area contributed by atoms with Gasteiger partial charge in [0.2, 0.25) is 5.91 Å². The van der Waals surface area contributed by atoms with Gasteiger partial charge in [-0.05, 0) is 29.7 Å². The Kier molecular flexibility index (Phi) is 4.23. The summed E-state index contributed by atoms with van der Waals surface area (Å²) in [6, 6.07) is 17.2. The minimum absolute atomic E-state index is 0.108. The molecule has 1 amide bonds. The summed E-state index contributed by atoms with van der Waals surface area (Å²) in [5, 5.41) is 4.56. The number of hydrogen-bond donors (Lipinski definition) is 2. The Bertz CT molecular complexity index is 1110. The van der Waals surface area contributed by atoms with Crippen molar-refractivity contribution in [3.8, 4) is 0 Å². The summed E-state index contributed by atoms with van der Waals surface area (Å²) < 4.78 is 1.48. The maximum atomic E-state index is 12.4. The van der Waals surface area contributed by atoms with Crippen molar-refractivity contribution >= 4 is 27.7 Å².